The summed E-state index contributed by atoms with van der Waals surface area (Å²) < 4.78 is 0.481. The van der Waals surface area contributed by atoms with E-state index in [1.165, 1.54) is 0 Å². The van der Waals surface area contributed by atoms with Gasteiger partial charge in [0.05, 0.1) is 26.2 Å². The second-order valence-electron chi connectivity index (χ2n) is 3.54. The molecule has 0 aromatic heterocycles. The number of likely N-dealkylation sites (N-methyl/N-ethyl adjacent to an activating group) is 1. The van der Waals surface area contributed by atoms with E-state index in [9.17, 15) is 4.79 Å². The van der Waals surface area contributed by atoms with Gasteiger partial charge in [-0.15, -0.1) is 20.2 Å². The highest BCUT2D eigenvalue weighted by Gasteiger charge is 2.11. The molecular weight excluding hydrogens is 292 g/mol. The van der Waals surface area contributed by atoms with Crippen LogP contribution in [0.25, 0.3) is 0 Å². The molecule has 0 saturated heterocycles. The predicted molar refractivity (Wildman–Crippen MR) is 58.5 cm³/mol. The first kappa shape index (κ1) is 25.8. The summed E-state index contributed by atoms with van der Waals surface area (Å²) in [6.07, 6.45) is 0. The third-order valence-electron chi connectivity index (χ3n) is 0.610. The first-order chi connectivity index (χ1) is 8.61. The molecule has 15 heteroatoms. The Hall–Kier alpha value is -2.97. The number of hydrogen-bond donors (Lipinski definition) is 3. The molecule has 15 nitrogen and oxygen atoms in total. The standard InChI is InChI=1S/C5H11NO2.2HNO3.NO3/c1-6(2,3)4-5(7)8;3*2-1(3)4/h4H2,1-3H3;2*(H,2,3,4);/q;;;-1/p+1. The van der Waals surface area contributed by atoms with Crippen LogP contribution in [0.15, 0.2) is 0 Å². The number of quaternary nitrogens is 1. The van der Waals surface area contributed by atoms with Gasteiger partial charge in [-0.3, -0.25) is 0 Å². The maximum atomic E-state index is 10.00. The molecule has 0 heterocycles. The van der Waals surface area contributed by atoms with E-state index < -0.39 is 21.2 Å². The largest absolute Gasteiger partial charge is 0.477 e. The molecule has 0 atom stereocenters. The zero-order valence-electron chi connectivity index (χ0n) is 10.6. The summed E-state index contributed by atoms with van der Waals surface area (Å²) in [5, 5.41) is 50.3. The fraction of sp³-hybridized carbons (Fsp3) is 0.800. The molecule has 20 heavy (non-hydrogen) atoms. The summed E-state index contributed by atoms with van der Waals surface area (Å²) in [6, 6.07) is 0. The first-order valence-electron chi connectivity index (χ1n) is 4.12. The van der Waals surface area contributed by atoms with Crippen LogP contribution >= 0.6 is 0 Å². The fourth-order valence-electron chi connectivity index (χ4n) is 0.406. The third kappa shape index (κ3) is 718. The fourth-order valence-corrected chi connectivity index (χ4v) is 0.406. The monoisotopic (exact) mass is 306 g/mol. The zero-order valence-corrected chi connectivity index (χ0v) is 10.6. The van der Waals surface area contributed by atoms with Crippen LogP contribution in [0.1, 0.15) is 0 Å². The highest BCUT2D eigenvalue weighted by Crippen LogP contribution is 1.86. The molecule has 0 fully saturated rings. The van der Waals surface area contributed by atoms with Gasteiger partial charge in [0.25, 0.3) is 10.2 Å². The normalized spacial score (nSPS) is 8.15. The lowest BCUT2D eigenvalue weighted by Gasteiger charge is -2.20. The van der Waals surface area contributed by atoms with E-state index in [0.29, 0.717) is 4.48 Å². The van der Waals surface area contributed by atoms with Gasteiger partial charge in [0.1, 0.15) is 0 Å². The molecule has 0 radical (unpaired) electrons. The maximum absolute atomic E-state index is 10.00. The summed E-state index contributed by atoms with van der Waals surface area (Å²) in [4.78, 5) is 35.0. The van der Waals surface area contributed by atoms with Gasteiger partial charge in [-0.25, -0.2) is 4.79 Å². The highest BCUT2D eigenvalue weighted by molar-refractivity contribution is 5.67. The predicted octanol–water partition coefficient (Wildman–Crippen LogP) is -1.16. The molecule has 0 rings (SSSR count). The smallest absolute Gasteiger partial charge is 0.359 e. The summed E-state index contributed by atoms with van der Waals surface area (Å²) in [5.74, 6) is -0.752. The van der Waals surface area contributed by atoms with Crippen LogP contribution in [0.2, 0.25) is 0 Å². The van der Waals surface area contributed by atoms with Crippen LogP contribution in [0, 0.1) is 35.6 Å². The van der Waals surface area contributed by atoms with Crippen molar-refractivity contribution in [3.8, 4) is 0 Å². The van der Waals surface area contributed by atoms with Gasteiger partial charge in [-0.2, -0.15) is 0 Å². The van der Waals surface area contributed by atoms with Crippen molar-refractivity contribution in [2.45, 2.75) is 0 Å². The van der Waals surface area contributed by atoms with Crippen LogP contribution < -0.4 is 0 Å². The van der Waals surface area contributed by atoms with Crippen LogP contribution in [0.3, 0.4) is 0 Å². The summed E-state index contributed by atoms with van der Waals surface area (Å²) in [5.41, 5.74) is 0. The van der Waals surface area contributed by atoms with Gasteiger partial charge in [0, 0.05) is 0 Å². The van der Waals surface area contributed by atoms with Gasteiger partial charge in [-0.1, -0.05) is 0 Å². The number of aliphatic carboxylic acids is 1. The van der Waals surface area contributed by atoms with Crippen molar-refractivity contribution in [2.24, 2.45) is 0 Å². The van der Waals surface area contributed by atoms with Crippen molar-refractivity contribution in [1.29, 1.82) is 0 Å². The van der Waals surface area contributed by atoms with E-state index in [1.54, 1.807) is 0 Å². The number of carbonyl (C=O) groups is 1. The van der Waals surface area contributed by atoms with E-state index in [2.05, 4.69) is 0 Å². The van der Waals surface area contributed by atoms with Crippen LogP contribution in [-0.4, -0.2) is 68.9 Å². The van der Waals surface area contributed by atoms with Crippen molar-refractivity contribution < 1.29 is 40.1 Å². The lowest BCUT2D eigenvalue weighted by atomic mass is 10.5. The van der Waals surface area contributed by atoms with E-state index in [0.717, 1.165) is 0 Å². The Morgan fingerprint density at radius 3 is 1.10 bits per heavy atom. The minimum atomic E-state index is -1.75. The summed E-state index contributed by atoms with van der Waals surface area (Å²) >= 11 is 0. The number of rotatable bonds is 2. The highest BCUT2D eigenvalue weighted by atomic mass is 16.9. The van der Waals surface area contributed by atoms with Crippen molar-refractivity contribution >= 4 is 5.97 Å². The Balaban J connectivity index is -0.0000000917. The van der Waals surface area contributed by atoms with Gasteiger partial charge < -0.3 is 35.3 Å². The van der Waals surface area contributed by atoms with E-state index >= 15 is 0 Å². The van der Waals surface area contributed by atoms with E-state index in [1.807, 2.05) is 21.1 Å². The van der Waals surface area contributed by atoms with Crippen molar-refractivity contribution in [2.75, 3.05) is 27.7 Å². The molecule has 0 spiro atoms. The van der Waals surface area contributed by atoms with Crippen molar-refractivity contribution in [1.82, 2.24) is 0 Å². The number of hydrogen-bond acceptors (Lipinski definition) is 8. The Bertz CT molecular complexity index is 270. The minimum Gasteiger partial charge on any atom is -0.477 e. The number of carboxylic acid groups (broad SMARTS) is 1. The molecule has 0 aliphatic carbocycles. The topological polar surface area (TPSA) is 230 Å². The van der Waals surface area contributed by atoms with Gasteiger partial charge in [0.2, 0.25) is 0 Å². The van der Waals surface area contributed by atoms with E-state index in [-0.39, 0.29) is 6.54 Å². The SMILES string of the molecule is C[N+](C)(C)CC(=O)O.O=[N+]([O-])O.O=[N+]([O-])O.O=[N+]([O-])[O-]. The Labute approximate surface area is 110 Å². The molecule has 0 aliphatic heterocycles. The molecule has 0 unspecified atom stereocenters. The average Bonchev–Trinajstić information content (AvgIpc) is 1.92. The molecule has 120 valence electrons. The van der Waals surface area contributed by atoms with Crippen molar-refractivity contribution in [3.63, 3.8) is 0 Å². The second kappa shape index (κ2) is 14.1. The molecule has 0 saturated carbocycles. The number of carboxylic acids is 1. The molecular formula is C5H14N4O11. The van der Waals surface area contributed by atoms with Crippen LogP contribution in [0.5, 0.6) is 0 Å². The molecule has 0 aliphatic rings. The van der Waals surface area contributed by atoms with Crippen molar-refractivity contribution in [3.05, 3.63) is 35.6 Å². The molecule has 0 aromatic carbocycles. The quantitative estimate of drug-likeness (QED) is 0.312. The van der Waals surface area contributed by atoms with Crippen LogP contribution in [-0.2, 0) is 4.79 Å². The average molecular weight is 306 g/mol. The van der Waals surface area contributed by atoms with Gasteiger partial charge >= 0.3 is 5.97 Å². The van der Waals surface area contributed by atoms with E-state index in [4.69, 9.17) is 51.1 Å². The second-order valence-corrected chi connectivity index (χ2v) is 3.54. The zero-order chi connectivity index (χ0) is 17.5. The minimum absolute atomic E-state index is 0.181. The lowest BCUT2D eigenvalue weighted by molar-refractivity contribution is -0.862. The third-order valence-corrected chi connectivity index (χ3v) is 0.610. The van der Waals surface area contributed by atoms with Gasteiger partial charge in [0.15, 0.2) is 6.54 Å². The lowest BCUT2D eigenvalue weighted by Crippen LogP contribution is -2.39. The molecule has 0 amide bonds. The Morgan fingerprint density at radius 1 is 0.950 bits per heavy atom. The first-order valence-corrected chi connectivity index (χ1v) is 4.12. The van der Waals surface area contributed by atoms with Gasteiger partial charge in [-0.05, 0) is 0 Å². The Morgan fingerprint density at radius 2 is 1.10 bits per heavy atom. The maximum Gasteiger partial charge on any atom is 0.359 e. The molecule has 0 aromatic rings. The molecule has 3 N–H and O–H groups in total. The number of nitrogens with zero attached hydrogens (tertiary/aromatic N) is 4. The Kier molecular flexibility index (Phi) is 18.2. The summed E-state index contributed by atoms with van der Waals surface area (Å²) in [7, 11) is 5.52. The molecule has 0 bridgehead atoms. The van der Waals surface area contributed by atoms with Crippen LogP contribution in [0.4, 0.5) is 0 Å². The summed E-state index contributed by atoms with van der Waals surface area (Å²) in [6.45, 7) is 0.181.